The van der Waals surface area contributed by atoms with Gasteiger partial charge in [0.05, 0.1) is 5.39 Å². The molecular weight excluding hydrogens is 414 g/mol. The third-order valence-corrected chi connectivity index (χ3v) is 5.96. The lowest BCUT2D eigenvalue weighted by Gasteiger charge is -2.12. The molecule has 0 atom stereocenters. The van der Waals surface area contributed by atoms with E-state index in [1.807, 2.05) is 29.8 Å². The first-order valence-corrected chi connectivity index (χ1v) is 10.9. The minimum atomic E-state index is -0.420. The smallest absolute Gasteiger partial charge is 0.332 e. The first-order chi connectivity index (χ1) is 14.9. The fourth-order valence-corrected chi connectivity index (χ4v) is 4.39. The van der Waals surface area contributed by atoms with Crippen LogP contribution in [0.15, 0.2) is 50.9 Å². The number of hydrogen-bond donors (Lipinski definition) is 1. The van der Waals surface area contributed by atoms with Crippen LogP contribution in [0.1, 0.15) is 29.4 Å². The lowest BCUT2D eigenvalue weighted by molar-refractivity contribution is 0.0942. The van der Waals surface area contributed by atoms with Gasteiger partial charge < -0.3 is 9.88 Å². The van der Waals surface area contributed by atoms with Gasteiger partial charge in [-0.3, -0.25) is 23.7 Å². The van der Waals surface area contributed by atoms with Gasteiger partial charge >= 0.3 is 5.69 Å². The number of aryl methyl sites for hydroxylation is 2. The minimum absolute atomic E-state index is 0.300. The highest BCUT2D eigenvalue weighted by molar-refractivity contribution is 7.08. The number of carbonyl (C=O) groups is 1. The quantitative estimate of drug-likeness (QED) is 0.502. The fraction of sp³-hybridized carbons (Fsp3) is 0.273. The highest BCUT2D eigenvalue weighted by Gasteiger charge is 2.20. The van der Waals surface area contributed by atoms with Crippen LogP contribution in [-0.4, -0.2) is 24.6 Å². The zero-order valence-corrected chi connectivity index (χ0v) is 18.4. The Bertz CT molecular complexity index is 1380. The van der Waals surface area contributed by atoms with Gasteiger partial charge in [-0.05, 0) is 46.5 Å². The van der Waals surface area contributed by atoms with Gasteiger partial charge in [0.2, 0.25) is 0 Å². The number of pyridine rings is 1. The van der Waals surface area contributed by atoms with Crippen molar-refractivity contribution in [2.45, 2.75) is 26.4 Å². The van der Waals surface area contributed by atoms with Crippen LogP contribution in [0.5, 0.6) is 0 Å². The summed E-state index contributed by atoms with van der Waals surface area (Å²) in [7, 11) is 3.05. The second-order valence-electron chi connectivity index (χ2n) is 7.40. The Morgan fingerprint density at radius 2 is 1.94 bits per heavy atom. The summed E-state index contributed by atoms with van der Waals surface area (Å²) in [6.07, 6.45) is 4.26. The summed E-state index contributed by atoms with van der Waals surface area (Å²) in [5.74, 6) is -0.305. The van der Waals surface area contributed by atoms with Crippen molar-refractivity contribution in [1.82, 2.24) is 24.0 Å². The molecule has 0 aliphatic carbocycles. The molecule has 0 aliphatic rings. The number of fused-ring (bicyclic) bond motifs is 1. The molecule has 4 heterocycles. The van der Waals surface area contributed by atoms with E-state index in [9.17, 15) is 14.4 Å². The number of nitrogens with one attached hydrogen (secondary N) is 1. The van der Waals surface area contributed by atoms with Crippen LogP contribution in [-0.2, 0) is 27.2 Å². The second-order valence-corrected chi connectivity index (χ2v) is 8.18. The molecule has 9 heteroatoms. The van der Waals surface area contributed by atoms with E-state index in [4.69, 9.17) is 0 Å². The summed E-state index contributed by atoms with van der Waals surface area (Å²) >= 11 is 1.62. The molecule has 0 unspecified atom stereocenters. The standard InChI is InChI=1S/C22H23N5O3S/c1-4-6-27-18(9-17-20(27)25(2)22(30)26(3)21(17)29)19(28)24-11-14-8-16(12-23-10-14)15-5-7-31-13-15/h5,7-10,12-13H,4,6,11H2,1-3H3,(H,24,28). The molecule has 4 aromatic heterocycles. The van der Waals surface area contributed by atoms with Crippen LogP contribution in [0.4, 0.5) is 0 Å². The minimum Gasteiger partial charge on any atom is -0.347 e. The molecule has 4 aromatic rings. The van der Waals surface area contributed by atoms with Crippen molar-refractivity contribution in [2.24, 2.45) is 14.1 Å². The van der Waals surface area contributed by atoms with Crippen molar-refractivity contribution < 1.29 is 4.79 Å². The van der Waals surface area contributed by atoms with Crippen molar-refractivity contribution in [3.8, 4) is 11.1 Å². The average Bonchev–Trinajstić information content (AvgIpc) is 3.44. The van der Waals surface area contributed by atoms with E-state index >= 15 is 0 Å². The summed E-state index contributed by atoms with van der Waals surface area (Å²) in [5, 5.41) is 7.33. The van der Waals surface area contributed by atoms with Crippen LogP contribution in [0.3, 0.4) is 0 Å². The van der Waals surface area contributed by atoms with Gasteiger partial charge in [0.15, 0.2) is 0 Å². The number of carbonyl (C=O) groups excluding carboxylic acids is 1. The predicted octanol–water partition coefficient (Wildman–Crippen LogP) is 2.50. The first-order valence-electron chi connectivity index (χ1n) is 9.96. The molecule has 31 heavy (non-hydrogen) atoms. The lowest BCUT2D eigenvalue weighted by atomic mass is 10.1. The van der Waals surface area contributed by atoms with Gasteiger partial charge in [-0.15, -0.1) is 0 Å². The van der Waals surface area contributed by atoms with Gasteiger partial charge in [0, 0.05) is 45.1 Å². The van der Waals surface area contributed by atoms with Gasteiger partial charge in [-0.1, -0.05) is 6.92 Å². The molecule has 8 nitrogen and oxygen atoms in total. The number of aromatic nitrogens is 4. The molecule has 0 spiro atoms. The number of hydrogen-bond acceptors (Lipinski definition) is 5. The molecule has 0 saturated heterocycles. The summed E-state index contributed by atoms with van der Waals surface area (Å²) in [4.78, 5) is 42.3. The Balaban J connectivity index is 1.67. The predicted molar refractivity (Wildman–Crippen MR) is 121 cm³/mol. The van der Waals surface area contributed by atoms with Gasteiger partial charge in [-0.2, -0.15) is 11.3 Å². The topological polar surface area (TPSA) is 90.9 Å². The van der Waals surface area contributed by atoms with Crippen molar-refractivity contribution in [2.75, 3.05) is 0 Å². The second kappa shape index (κ2) is 8.35. The highest BCUT2D eigenvalue weighted by Crippen LogP contribution is 2.22. The molecular formula is C22H23N5O3S. The summed E-state index contributed by atoms with van der Waals surface area (Å²) in [6.45, 7) is 2.80. The van der Waals surface area contributed by atoms with E-state index in [2.05, 4.69) is 10.3 Å². The molecule has 160 valence electrons. The van der Waals surface area contributed by atoms with Crippen molar-refractivity contribution in [1.29, 1.82) is 0 Å². The van der Waals surface area contributed by atoms with E-state index in [0.717, 1.165) is 27.7 Å². The summed E-state index contributed by atoms with van der Waals surface area (Å²) in [5.41, 5.74) is 2.94. The van der Waals surface area contributed by atoms with Crippen molar-refractivity contribution in [3.63, 3.8) is 0 Å². The Kier molecular flexibility index (Phi) is 5.60. The van der Waals surface area contributed by atoms with Crippen LogP contribution in [0, 0.1) is 0 Å². The van der Waals surface area contributed by atoms with E-state index < -0.39 is 11.2 Å². The number of nitrogens with zero attached hydrogens (tertiary/aromatic N) is 4. The Labute approximate surface area is 182 Å². The molecule has 1 N–H and O–H groups in total. The largest absolute Gasteiger partial charge is 0.347 e. The molecule has 0 bridgehead atoms. The van der Waals surface area contributed by atoms with E-state index in [1.54, 1.807) is 41.4 Å². The monoisotopic (exact) mass is 437 g/mol. The molecule has 0 aromatic carbocycles. The zero-order valence-electron chi connectivity index (χ0n) is 17.6. The Hall–Kier alpha value is -3.46. The van der Waals surface area contributed by atoms with E-state index in [-0.39, 0.29) is 5.91 Å². The van der Waals surface area contributed by atoms with Crippen LogP contribution < -0.4 is 16.6 Å². The Morgan fingerprint density at radius 3 is 2.65 bits per heavy atom. The van der Waals surface area contributed by atoms with Crippen LogP contribution in [0.25, 0.3) is 22.2 Å². The highest BCUT2D eigenvalue weighted by atomic mass is 32.1. The zero-order chi connectivity index (χ0) is 22.1. The van der Waals surface area contributed by atoms with E-state index in [1.165, 1.54) is 11.6 Å². The van der Waals surface area contributed by atoms with Gasteiger partial charge in [0.1, 0.15) is 11.3 Å². The molecule has 0 saturated carbocycles. The lowest BCUT2D eigenvalue weighted by Crippen LogP contribution is -2.37. The molecule has 1 amide bonds. The maximum atomic E-state index is 13.0. The number of amides is 1. The van der Waals surface area contributed by atoms with Crippen molar-refractivity contribution >= 4 is 28.3 Å². The first kappa shape index (κ1) is 20.8. The SMILES string of the molecule is CCCn1c(C(=O)NCc2cncc(-c3ccsc3)c2)cc2c(=O)n(C)c(=O)n(C)c21. The van der Waals surface area contributed by atoms with Gasteiger partial charge in [0.25, 0.3) is 11.5 Å². The van der Waals surface area contributed by atoms with E-state index in [0.29, 0.717) is 29.8 Å². The number of rotatable bonds is 6. The summed E-state index contributed by atoms with van der Waals surface area (Å²) in [6, 6.07) is 5.59. The third-order valence-electron chi connectivity index (χ3n) is 5.28. The van der Waals surface area contributed by atoms with Crippen LogP contribution >= 0.6 is 11.3 Å². The molecule has 0 radical (unpaired) electrons. The number of thiophene rings is 1. The average molecular weight is 438 g/mol. The Morgan fingerprint density at radius 1 is 1.13 bits per heavy atom. The third kappa shape index (κ3) is 3.72. The van der Waals surface area contributed by atoms with Crippen molar-refractivity contribution in [3.05, 3.63) is 73.4 Å². The fourth-order valence-electron chi connectivity index (χ4n) is 3.72. The maximum Gasteiger partial charge on any atom is 0.332 e. The molecule has 4 rings (SSSR count). The normalized spacial score (nSPS) is 11.2. The molecule has 0 fully saturated rings. The maximum absolute atomic E-state index is 13.0. The van der Waals surface area contributed by atoms with Crippen LogP contribution in [0.2, 0.25) is 0 Å². The molecule has 0 aliphatic heterocycles. The van der Waals surface area contributed by atoms with Gasteiger partial charge in [-0.25, -0.2) is 4.79 Å². The summed E-state index contributed by atoms with van der Waals surface area (Å²) < 4.78 is 4.22.